The highest BCUT2D eigenvalue weighted by atomic mass is 79.9. The zero-order chi connectivity index (χ0) is 15.0. The SMILES string of the molecule is Cc1ccc(Br)c(C(=O)c2cn(C)c(=O)n(C)c2=O)c1. The zero-order valence-electron chi connectivity index (χ0n) is 11.3. The summed E-state index contributed by atoms with van der Waals surface area (Å²) in [6, 6.07) is 5.33. The van der Waals surface area contributed by atoms with Crippen LogP contribution in [0.4, 0.5) is 0 Å². The van der Waals surface area contributed by atoms with Gasteiger partial charge in [-0.25, -0.2) is 4.79 Å². The van der Waals surface area contributed by atoms with E-state index in [1.54, 1.807) is 12.1 Å². The largest absolute Gasteiger partial charge is 0.330 e. The fourth-order valence-electron chi connectivity index (χ4n) is 1.92. The Morgan fingerprint density at radius 3 is 2.45 bits per heavy atom. The molecule has 1 aromatic carbocycles. The molecule has 0 N–H and O–H groups in total. The van der Waals surface area contributed by atoms with E-state index in [2.05, 4.69) is 15.9 Å². The minimum atomic E-state index is -0.591. The molecular weight excluding hydrogens is 324 g/mol. The monoisotopic (exact) mass is 336 g/mol. The number of halogens is 1. The summed E-state index contributed by atoms with van der Waals surface area (Å²) in [6.45, 7) is 1.86. The Hall–Kier alpha value is -1.95. The molecule has 5 nitrogen and oxygen atoms in total. The van der Waals surface area contributed by atoms with Crippen LogP contribution in [0.1, 0.15) is 21.5 Å². The molecule has 1 aromatic heterocycles. The van der Waals surface area contributed by atoms with Gasteiger partial charge < -0.3 is 4.57 Å². The lowest BCUT2D eigenvalue weighted by Crippen LogP contribution is -2.39. The second kappa shape index (κ2) is 5.20. The summed E-state index contributed by atoms with van der Waals surface area (Å²) < 4.78 is 2.76. The Kier molecular flexibility index (Phi) is 3.76. The van der Waals surface area contributed by atoms with E-state index in [0.717, 1.165) is 10.1 Å². The van der Waals surface area contributed by atoms with Gasteiger partial charge in [-0.2, -0.15) is 0 Å². The first-order valence-corrected chi connectivity index (χ1v) is 6.69. The first-order valence-electron chi connectivity index (χ1n) is 5.90. The molecule has 0 saturated heterocycles. The van der Waals surface area contributed by atoms with Gasteiger partial charge in [0.15, 0.2) is 0 Å². The van der Waals surface area contributed by atoms with Crippen LogP contribution in [0, 0.1) is 6.92 Å². The molecule has 0 aliphatic carbocycles. The highest BCUT2D eigenvalue weighted by Gasteiger charge is 2.18. The normalized spacial score (nSPS) is 10.6. The second-order valence-electron chi connectivity index (χ2n) is 4.61. The van der Waals surface area contributed by atoms with Gasteiger partial charge in [0.1, 0.15) is 5.56 Å². The number of hydrogen-bond donors (Lipinski definition) is 0. The molecule has 0 saturated carbocycles. The fraction of sp³-hybridized carbons (Fsp3) is 0.214. The molecule has 0 spiro atoms. The minimum Gasteiger partial charge on any atom is -0.303 e. The van der Waals surface area contributed by atoms with Crippen LogP contribution < -0.4 is 11.2 Å². The summed E-state index contributed by atoms with van der Waals surface area (Å²) in [7, 11) is 2.86. The Morgan fingerprint density at radius 1 is 1.15 bits per heavy atom. The van der Waals surface area contributed by atoms with Gasteiger partial charge in [-0.15, -0.1) is 0 Å². The van der Waals surface area contributed by atoms with E-state index in [4.69, 9.17) is 0 Å². The fourth-order valence-corrected chi connectivity index (χ4v) is 2.35. The third-order valence-electron chi connectivity index (χ3n) is 3.06. The molecule has 20 heavy (non-hydrogen) atoms. The maximum atomic E-state index is 12.5. The van der Waals surface area contributed by atoms with Crippen molar-refractivity contribution in [2.45, 2.75) is 6.92 Å². The summed E-state index contributed by atoms with van der Waals surface area (Å²) in [6.07, 6.45) is 1.28. The molecule has 0 amide bonds. The number of nitrogens with zero attached hydrogens (tertiary/aromatic N) is 2. The first kappa shape index (κ1) is 14.5. The molecule has 2 aromatic rings. The van der Waals surface area contributed by atoms with Crippen molar-refractivity contribution in [1.29, 1.82) is 0 Å². The van der Waals surface area contributed by atoms with Gasteiger partial charge >= 0.3 is 5.69 Å². The maximum absolute atomic E-state index is 12.5. The molecule has 104 valence electrons. The van der Waals surface area contributed by atoms with E-state index < -0.39 is 17.0 Å². The van der Waals surface area contributed by atoms with Crippen molar-refractivity contribution in [3.8, 4) is 0 Å². The van der Waals surface area contributed by atoms with Crippen LogP contribution in [0.5, 0.6) is 0 Å². The topological polar surface area (TPSA) is 61.1 Å². The highest BCUT2D eigenvalue weighted by molar-refractivity contribution is 9.10. The smallest absolute Gasteiger partial charge is 0.303 e. The van der Waals surface area contributed by atoms with E-state index in [-0.39, 0.29) is 5.56 Å². The number of carbonyl (C=O) groups is 1. The molecular formula is C14H13BrN2O3. The Morgan fingerprint density at radius 2 is 1.80 bits per heavy atom. The third kappa shape index (κ3) is 2.38. The van der Waals surface area contributed by atoms with Crippen molar-refractivity contribution in [1.82, 2.24) is 9.13 Å². The van der Waals surface area contributed by atoms with E-state index in [9.17, 15) is 14.4 Å². The number of aryl methyl sites for hydroxylation is 2. The lowest BCUT2D eigenvalue weighted by molar-refractivity contribution is 0.103. The molecule has 6 heteroatoms. The molecule has 1 heterocycles. The van der Waals surface area contributed by atoms with E-state index in [1.807, 2.05) is 13.0 Å². The lowest BCUT2D eigenvalue weighted by atomic mass is 10.0. The van der Waals surface area contributed by atoms with E-state index >= 15 is 0 Å². The molecule has 0 aliphatic heterocycles. The van der Waals surface area contributed by atoms with Crippen molar-refractivity contribution in [3.63, 3.8) is 0 Å². The van der Waals surface area contributed by atoms with Gasteiger partial charge in [0.25, 0.3) is 5.56 Å². The van der Waals surface area contributed by atoms with Gasteiger partial charge in [-0.05, 0) is 19.1 Å². The number of rotatable bonds is 2. The van der Waals surface area contributed by atoms with Gasteiger partial charge in [0, 0.05) is 30.3 Å². The molecule has 0 fully saturated rings. The van der Waals surface area contributed by atoms with Crippen LogP contribution in [0.25, 0.3) is 0 Å². The number of hydrogen-bond acceptors (Lipinski definition) is 3. The number of benzene rings is 1. The van der Waals surface area contributed by atoms with Gasteiger partial charge in [0.05, 0.1) is 0 Å². The van der Waals surface area contributed by atoms with Crippen molar-refractivity contribution < 1.29 is 4.79 Å². The second-order valence-corrected chi connectivity index (χ2v) is 5.47. The summed E-state index contributed by atoms with van der Waals surface area (Å²) in [5.41, 5.74) is 0.237. The molecule has 2 rings (SSSR count). The molecule has 0 radical (unpaired) electrons. The highest BCUT2D eigenvalue weighted by Crippen LogP contribution is 2.20. The quantitative estimate of drug-likeness (QED) is 0.778. The van der Waals surface area contributed by atoms with Crippen LogP contribution in [0.15, 0.2) is 38.5 Å². The summed E-state index contributed by atoms with van der Waals surface area (Å²) >= 11 is 3.31. The van der Waals surface area contributed by atoms with Crippen LogP contribution in [0.3, 0.4) is 0 Å². The van der Waals surface area contributed by atoms with Crippen LogP contribution in [-0.4, -0.2) is 14.9 Å². The summed E-state index contributed by atoms with van der Waals surface area (Å²) in [5, 5.41) is 0. The van der Waals surface area contributed by atoms with Gasteiger partial charge in [-0.1, -0.05) is 27.6 Å². The minimum absolute atomic E-state index is 0.0269. The predicted molar refractivity (Wildman–Crippen MR) is 79.2 cm³/mol. The van der Waals surface area contributed by atoms with Crippen molar-refractivity contribution in [2.24, 2.45) is 14.1 Å². The van der Waals surface area contributed by atoms with E-state index in [1.165, 1.54) is 24.9 Å². The van der Waals surface area contributed by atoms with Crippen molar-refractivity contribution in [3.05, 3.63) is 66.4 Å². The molecule has 0 atom stereocenters. The van der Waals surface area contributed by atoms with Crippen LogP contribution in [-0.2, 0) is 14.1 Å². The van der Waals surface area contributed by atoms with Gasteiger partial charge in [-0.3, -0.25) is 14.2 Å². The number of aromatic nitrogens is 2. The third-order valence-corrected chi connectivity index (χ3v) is 3.75. The number of ketones is 1. The van der Waals surface area contributed by atoms with Crippen LogP contribution in [0.2, 0.25) is 0 Å². The van der Waals surface area contributed by atoms with Crippen molar-refractivity contribution >= 4 is 21.7 Å². The van der Waals surface area contributed by atoms with Crippen molar-refractivity contribution in [2.75, 3.05) is 0 Å². The summed E-state index contributed by atoms with van der Waals surface area (Å²) in [5.74, 6) is -0.406. The molecule has 0 aliphatic rings. The lowest BCUT2D eigenvalue weighted by Gasteiger charge is -2.08. The molecule has 0 unspecified atom stereocenters. The standard InChI is InChI=1S/C14H13BrN2O3/c1-8-4-5-11(15)9(6-8)12(18)10-7-16(2)14(20)17(3)13(10)19/h4-7H,1-3H3. The van der Waals surface area contributed by atoms with E-state index in [0.29, 0.717) is 10.0 Å². The Labute approximate surface area is 123 Å². The predicted octanol–water partition coefficient (Wildman–Crippen LogP) is 1.39. The zero-order valence-corrected chi connectivity index (χ0v) is 12.9. The summed E-state index contributed by atoms with van der Waals surface area (Å²) in [4.78, 5) is 36.2. The Bertz CT molecular complexity index is 818. The first-order chi connectivity index (χ1) is 9.32. The average molecular weight is 337 g/mol. The van der Waals surface area contributed by atoms with Gasteiger partial charge in [0.2, 0.25) is 5.78 Å². The number of carbonyl (C=O) groups excluding carboxylic acids is 1. The van der Waals surface area contributed by atoms with Crippen LogP contribution >= 0.6 is 15.9 Å². The Balaban J connectivity index is 2.69. The maximum Gasteiger partial charge on any atom is 0.330 e. The average Bonchev–Trinajstić information content (AvgIpc) is 2.42. The molecule has 0 bridgehead atoms.